The van der Waals surface area contributed by atoms with Gasteiger partial charge in [0.05, 0.1) is 15.7 Å². The lowest BCUT2D eigenvalue weighted by Gasteiger charge is -2.00. The summed E-state index contributed by atoms with van der Waals surface area (Å²) < 4.78 is 5.27. The molecule has 0 bridgehead atoms. The average molecular weight is 274 g/mol. The van der Waals surface area contributed by atoms with Gasteiger partial charge in [-0.3, -0.25) is 0 Å². The average Bonchev–Trinajstić information content (AvgIpc) is 2.64. The second-order valence-electron chi connectivity index (χ2n) is 3.37. The van der Waals surface area contributed by atoms with Crippen molar-refractivity contribution in [2.45, 2.75) is 12.7 Å². The van der Waals surface area contributed by atoms with Gasteiger partial charge in [0.25, 0.3) is 0 Å². The van der Waals surface area contributed by atoms with Gasteiger partial charge in [0.1, 0.15) is 0 Å². The first-order valence-electron chi connectivity index (χ1n) is 4.65. The van der Waals surface area contributed by atoms with E-state index in [-0.39, 0.29) is 0 Å². The van der Waals surface area contributed by atoms with Gasteiger partial charge in [-0.2, -0.15) is 12.6 Å². The molecule has 0 aliphatic rings. The van der Waals surface area contributed by atoms with Gasteiger partial charge in [-0.15, -0.1) is 0 Å². The Hall–Kier alpha value is -0.640. The van der Waals surface area contributed by atoms with Gasteiger partial charge in [-0.1, -0.05) is 28.4 Å². The van der Waals surface area contributed by atoms with Crippen molar-refractivity contribution in [1.82, 2.24) is 5.16 Å². The fraction of sp³-hybridized carbons (Fsp3) is 0.182. The number of aromatic nitrogens is 1. The van der Waals surface area contributed by atoms with Crippen LogP contribution in [0.5, 0.6) is 0 Å². The number of benzene rings is 1. The summed E-state index contributed by atoms with van der Waals surface area (Å²) in [4.78, 5) is 0. The Kier molecular flexibility index (Phi) is 3.47. The topological polar surface area (TPSA) is 26.0 Å². The van der Waals surface area contributed by atoms with Crippen LogP contribution in [0.15, 0.2) is 22.7 Å². The molecule has 1 heterocycles. The minimum absolute atomic E-state index is 0.502. The molecule has 1 aromatic carbocycles. The number of thiol groups is 1. The second kappa shape index (κ2) is 4.70. The molecule has 84 valence electrons. The molecule has 0 aliphatic carbocycles. The third-order valence-electron chi connectivity index (χ3n) is 2.35. The van der Waals surface area contributed by atoms with Crippen LogP contribution in [0.4, 0.5) is 0 Å². The van der Waals surface area contributed by atoms with Crippen LogP contribution < -0.4 is 0 Å². The smallest absolute Gasteiger partial charge is 0.170 e. The minimum atomic E-state index is 0.502. The van der Waals surface area contributed by atoms with Crippen molar-refractivity contribution >= 4 is 35.8 Å². The third kappa shape index (κ3) is 2.08. The maximum Gasteiger partial charge on any atom is 0.170 e. The van der Waals surface area contributed by atoms with Crippen molar-refractivity contribution in [1.29, 1.82) is 0 Å². The molecule has 5 heteroatoms. The predicted octanol–water partition coefficient (Wildman–Crippen LogP) is 4.39. The van der Waals surface area contributed by atoms with Crippen LogP contribution in [-0.4, -0.2) is 5.16 Å². The second-order valence-corrected chi connectivity index (χ2v) is 4.50. The number of hydrogen-bond acceptors (Lipinski definition) is 3. The third-order valence-corrected chi connectivity index (χ3v) is 3.39. The molecule has 0 unspecified atom stereocenters. The molecule has 2 rings (SSSR count). The molecule has 0 amide bonds. The van der Waals surface area contributed by atoms with Crippen LogP contribution in [0.1, 0.15) is 11.3 Å². The first-order valence-corrected chi connectivity index (χ1v) is 6.03. The number of nitrogens with zero attached hydrogens (tertiary/aromatic N) is 1. The number of halogens is 2. The molecule has 0 aliphatic heterocycles. The number of hydrogen-bond donors (Lipinski definition) is 1. The SMILES string of the molecule is Cc1c(CS)noc1-c1ccc(Cl)c(Cl)c1. The van der Waals surface area contributed by atoms with E-state index >= 15 is 0 Å². The molecule has 16 heavy (non-hydrogen) atoms. The molecular formula is C11H9Cl2NOS. The predicted molar refractivity (Wildman–Crippen MR) is 69.4 cm³/mol. The van der Waals surface area contributed by atoms with Gasteiger partial charge in [-0.25, -0.2) is 0 Å². The molecule has 0 N–H and O–H groups in total. The van der Waals surface area contributed by atoms with Crippen molar-refractivity contribution in [2.24, 2.45) is 0 Å². The van der Waals surface area contributed by atoms with E-state index in [0.717, 1.165) is 16.8 Å². The lowest BCUT2D eigenvalue weighted by Crippen LogP contribution is -1.82. The fourth-order valence-corrected chi connectivity index (χ4v) is 2.02. The van der Waals surface area contributed by atoms with Gasteiger partial charge in [0, 0.05) is 16.9 Å². The van der Waals surface area contributed by atoms with Gasteiger partial charge >= 0.3 is 0 Å². The van der Waals surface area contributed by atoms with Crippen LogP contribution >= 0.6 is 35.8 Å². The van der Waals surface area contributed by atoms with Crippen molar-refractivity contribution in [3.05, 3.63) is 39.5 Å². The first-order chi connectivity index (χ1) is 7.63. The van der Waals surface area contributed by atoms with Crippen LogP contribution in [0.2, 0.25) is 10.0 Å². The Morgan fingerprint density at radius 3 is 2.62 bits per heavy atom. The van der Waals surface area contributed by atoms with E-state index in [9.17, 15) is 0 Å². The van der Waals surface area contributed by atoms with Gasteiger partial charge in [-0.05, 0) is 25.1 Å². The highest BCUT2D eigenvalue weighted by atomic mass is 35.5. The van der Waals surface area contributed by atoms with Crippen LogP contribution in [0.25, 0.3) is 11.3 Å². The van der Waals surface area contributed by atoms with E-state index in [1.807, 2.05) is 13.0 Å². The Morgan fingerprint density at radius 1 is 1.31 bits per heavy atom. The lowest BCUT2D eigenvalue weighted by atomic mass is 10.1. The summed E-state index contributed by atoms with van der Waals surface area (Å²) in [5, 5.41) is 4.96. The van der Waals surface area contributed by atoms with Gasteiger partial charge in [0.15, 0.2) is 5.76 Å². The zero-order valence-corrected chi connectivity index (χ0v) is 10.9. The van der Waals surface area contributed by atoms with E-state index in [1.165, 1.54) is 0 Å². The number of rotatable bonds is 2. The monoisotopic (exact) mass is 273 g/mol. The maximum atomic E-state index is 5.95. The highest BCUT2D eigenvalue weighted by Gasteiger charge is 2.13. The van der Waals surface area contributed by atoms with Gasteiger partial charge < -0.3 is 4.52 Å². The van der Waals surface area contributed by atoms with E-state index in [0.29, 0.717) is 21.6 Å². The van der Waals surface area contributed by atoms with Crippen LogP contribution in [-0.2, 0) is 5.75 Å². The van der Waals surface area contributed by atoms with Crippen LogP contribution in [0, 0.1) is 6.92 Å². The van der Waals surface area contributed by atoms with Crippen molar-refractivity contribution in [2.75, 3.05) is 0 Å². The maximum absolute atomic E-state index is 5.95. The Balaban J connectivity index is 2.50. The van der Waals surface area contributed by atoms with E-state index < -0.39 is 0 Å². The zero-order valence-electron chi connectivity index (χ0n) is 8.50. The van der Waals surface area contributed by atoms with E-state index in [1.54, 1.807) is 12.1 Å². The summed E-state index contributed by atoms with van der Waals surface area (Å²) in [6.07, 6.45) is 0. The highest BCUT2D eigenvalue weighted by molar-refractivity contribution is 7.79. The summed E-state index contributed by atoms with van der Waals surface area (Å²) in [5.41, 5.74) is 2.69. The molecule has 2 nitrogen and oxygen atoms in total. The van der Waals surface area contributed by atoms with E-state index in [4.69, 9.17) is 27.7 Å². The molecule has 0 radical (unpaired) electrons. The molecule has 0 fully saturated rings. The first kappa shape index (κ1) is 11.8. The van der Waals surface area contributed by atoms with Crippen LogP contribution in [0.3, 0.4) is 0 Å². The van der Waals surface area contributed by atoms with Crippen molar-refractivity contribution < 1.29 is 4.52 Å². The summed E-state index contributed by atoms with van der Waals surface area (Å²) in [6, 6.07) is 5.35. The normalized spacial score (nSPS) is 10.8. The Bertz CT molecular complexity index is 525. The summed E-state index contributed by atoms with van der Waals surface area (Å²) in [5.74, 6) is 1.26. The fourth-order valence-electron chi connectivity index (χ4n) is 1.42. The minimum Gasteiger partial charge on any atom is -0.356 e. The quantitative estimate of drug-likeness (QED) is 0.822. The van der Waals surface area contributed by atoms with Gasteiger partial charge in [0.2, 0.25) is 0 Å². The highest BCUT2D eigenvalue weighted by Crippen LogP contribution is 2.31. The molecular weight excluding hydrogens is 265 g/mol. The zero-order chi connectivity index (χ0) is 11.7. The molecule has 0 atom stereocenters. The standard InChI is InChI=1S/C11H9Cl2NOS/c1-6-10(5-16)14-15-11(6)7-2-3-8(12)9(13)4-7/h2-4,16H,5H2,1H3. The lowest BCUT2D eigenvalue weighted by molar-refractivity contribution is 0.426. The molecule has 2 aromatic rings. The molecule has 0 saturated heterocycles. The van der Waals surface area contributed by atoms with Crippen molar-refractivity contribution in [3.63, 3.8) is 0 Å². The summed E-state index contributed by atoms with van der Waals surface area (Å²) >= 11 is 16.0. The molecule has 1 aromatic heterocycles. The van der Waals surface area contributed by atoms with Crippen molar-refractivity contribution in [3.8, 4) is 11.3 Å². The summed E-state index contributed by atoms with van der Waals surface area (Å²) in [7, 11) is 0. The summed E-state index contributed by atoms with van der Waals surface area (Å²) in [6.45, 7) is 1.94. The Labute approximate surface area is 109 Å². The molecule has 0 spiro atoms. The largest absolute Gasteiger partial charge is 0.356 e. The molecule has 0 saturated carbocycles. The Morgan fingerprint density at radius 2 is 2.06 bits per heavy atom. The van der Waals surface area contributed by atoms with E-state index in [2.05, 4.69) is 17.8 Å².